The molecule has 1 amide bonds. The molecule has 1 aromatic heterocycles. The summed E-state index contributed by atoms with van der Waals surface area (Å²) in [4.78, 5) is 16.6. The van der Waals surface area contributed by atoms with E-state index in [1.807, 2.05) is 6.92 Å². The van der Waals surface area contributed by atoms with Crippen LogP contribution >= 0.6 is 11.3 Å². The fourth-order valence-electron chi connectivity index (χ4n) is 2.71. The zero-order chi connectivity index (χ0) is 19.8. The van der Waals surface area contributed by atoms with E-state index in [-0.39, 0.29) is 18.2 Å². The van der Waals surface area contributed by atoms with Crippen LogP contribution in [-0.2, 0) is 11.3 Å². The number of fused-ring (bicyclic) bond motifs is 1. The lowest BCUT2D eigenvalue weighted by molar-refractivity contribution is 0.0950. The first-order valence-corrected chi connectivity index (χ1v) is 10.2. The standard InChI is InChI=1S/C21H23FN2O3S/c1-2-26-10-3-4-11-27-18-7-5-6-16(20(18)22)13-23-21(25)15-8-9-17-19(12-15)28-14-24-17/h5-9,12,14H,2-4,10-11,13H2,1H3,(H,23,25). The maximum Gasteiger partial charge on any atom is 0.251 e. The van der Waals surface area contributed by atoms with Crippen LogP contribution in [0.1, 0.15) is 35.7 Å². The van der Waals surface area contributed by atoms with Gasteiger partial charge in [0.25, 0.3) is 5.91 Å². The molecule has 0 bridgehead atoms. The Hall–Kier alpha value is -2.51. The molecule has 28 heavy (non-hydrogen) atoms. The van der Waals surface area contributed by atoms with Gasteiger partial charge in [-0.15, -0.1) is 11.3 Å². The van der Waals surface area contributed by atoms with E-state index in [0.717, 1.165) is 23.1 Å². The molecule has 0 fully saturated rings. The predicted octanol–water partition coefficient (Wildman–Crippen LogP) is 4.56. The fourth-order valence-corrected chi connectivity index (χ4v) is 3.43. The van der Waals surface area contributed by atoms with Crippen molar-refractivity contribution in [1.29, 1.82) is 0 Å². The molecule has 0 aliphatic heterocycles. The van der Waals surface area contributed by atoms with E-state index >= 15 is 0 Å². The second kappa shape index (κ2) is 10.1. The minimum absolute atomic E-state index is 0.0902. The van der Waals surface area contributed by atoms with E-state index in [9.17, 15) is 9.18 Å². The minimum Gasteiger partial charge on any atom is -0.491 e. The molecule has 0 spiro atoms. The highest BCUT2D eigenvalue weighted by atomic mass is 32.1. The SMILES string of the molecule is CCOCCCCOc1cccc(CNC(=O)c2ccc3ncsc3c2)c1F. The number of carbonyl (C=O) groups excluding carboxylic acids is 1. The van der Waals surface area contributed by atoms with Crippen molar-refractivity contribution in [2.45, 2.75) is 26.3 Å². The van der Waals surface area contributed by atoms with E-state index in [2.05, 4.69) is 10.3 Å². The van der Waals surface area contributed by atoms with Crippen LogP contribution in [0.5, 0.6) is 5.75 Å². The molecule has 7 heteroatoms. The van der Waals surface area contributed by atoms with Crippen LogP contribution in [0.15, 0.2) is 41.9 Å². The van der Waals surface area contributed by atoms with E-state index < -0.39 is 5.82 Å². The first-order chi connectivity index (χ1) is 13.7. The third kappa shape index (κ3) is 5.27. The molecule has 0 radical (unpaired) electrons. The summed E-state index contributed by atoms with van der Waals surface area (Å²) in [5.41, 5.74) is 3.51. The van der Waals surface area contributed by atoms with Gasteiger partial charge >= 0.3 is 0 Å². The first-order valence-electron chi connectivity index (χ1n) is 9.28. The number of carbonyl (C=O) groups is 1. The maximum atomic E-state index is 14.6. The molecule has 0 aliphatic rings. The topological polar surface area (TPSA) is 60.5 Å². The van der Waals surface area contributed by atoms with Crippen molar-refractivity contribution >= 4 is 27.5 Å². The second-order valence-electron chi connectivity index (χ2n) is 6.20. The third-order valence-electron chi connectivity index (χ3n) is 4.22. The van der Waals surface area contributed by atoms with Crippen molar-refractivity contribution in [3.05, 3.63) is 58.9 Å². The minimum atomic E-state index is -0.439. The summed E-state index contributed by atoms with van der Waals surface area (Å²) in [6.07, 6.45) is 1.66. The number of ether oxygens (including phenoxy) is 2. The Labute approximate surface area is 167 Å². The van der Waals surface area contributed by atoms with E-state index in [1.165, 1.54) is 11.3 Å². The van der Waals surface area contributed by atoms with Crippen molar-refractivity contribution in [2.75, 3.05) is 19.8 Å². The number of thiazole rings is 1. The summed E-state index contributed by atoms with van der Waals surface area (Å²) in [5.74, 6) is -0.489. The van der Waals surface area contributed by atoms with Gasteiger partial charge in [-0.2, -0.15) is 0 Å². The molecular weight excluding hydrogens is 379 g/mol. The highest BCUT2D eigenvalue weighted by Crippen LogP contribution is 2.22. The van der Waals surface area contributed by atoms with Gasteiger partial charge in [-0.05, 0) is 44.0 Å². The van der Waals surface area contributed by atoms with Gasteiger partial charge in [-0.3, -0.25) is 4.79 Å². The number of benzene rings is 2. The second-order valence-corrected chi connectivity index (χ2v) is 7.09. The van der Waals surface area contributed by atoms with Gasteiger partial charge in [0.2, 0.25) is 0 Å². The summed E-state index contributed by atoms with van der Waals surface area (Å²) in [6.45, 7) is 3.85. The Kier molecular flexibility index (Phi) is 7.33. The van der Waals surface area contributed by atoms with Gasteiger partial charge in [0.15, 0.2) is 11.6 Å². The first kappa shape index (κ1) is 20.2. The zero-order valence-electron chi connectivity index (χ0n) is 15.7. The number of hydrogen-bond acceptors (Lipinski definition) is 5. The smallest absolute Gasteiger partial charge is 0.251 e. The molecule has 1 heterocycles. The molecule has 0 atom stereocenters. The van der Waals surface area contributed by atoms with E-state index in [4.69, 9.17) is 9.47 Å². The maximum absolute atomic E-state index is 14.6. The van der Waals surface area contributed by atoms with Crippen molar-refractivity contribution in [1.82, 2.24) is 10.3 Å². The quantitative estimate of drug-likeness (QED) is 0.505. The average Bonchev–Trinajstić information content (AvgIpc) is 3.18. The van der Waals surface area contributed by atoms with Crippen LogP contribution in [0.25, 0.3) is 10.2 Å². The van der Waals surface area contributed by atoms with Gasteiger partial charge in [-0.25, -0.2) is 9.37 Å². The Morgan fingerprint density at radius 2 is 2.07 bits per heavy atom. The normalized spacial score (nSPS) is 10.9. The average molecular weight is 402 g/mol. The largest absolute Gasteiger partial charge is 0.491 e. The lowest BCUT2D eigenvalue weighted by Crippen LogP contribution is -2.23. The molecule has 0 unspecified atom stereocenters. The summed E-state index contributed by atoms with van der Waals surface area (Å²) in [7, 11) is 0. The highest BCUT2D eigenvalue weighted by molar-refractivity contribution is 7.16. The van der Waals surface area contributed by atoms with Crippen molar-refractivity contribution in [2.24, 2.45) is 0 Å². The summed E-state index contributed by atoms with van der Waals surface area (Å²) in [5, 5.41) is 2.76. The van der Waals surface area contributed by atoms with Crippen LogP contribution in [0.2, 0.25) is 0 Å². The Balaban J connectivity index is 1.54. The molecule has 2 aromatic carbocycles. The van der Waals surface area contributed by atoms with Crippen molar-refractivity contribution in [3.63, 3.8) is 0 Å². The Morgan fingerprint density at radius 3 is 2.93 bits per heavy atom. The van der Waals surface area contributed by atoms with Crippen LogP contribution in [-0.4, -0.2) is 30.7 Å². The Bertz CT molecular complexity index is 929. The van der Waals surface area contributed by atoms with Crippen LogP contribution in [0, 0.1) is 5.82 Å². The molecule has 3 aromatic rings. The number of nitrogens with one attached hydrogen (secondary N) is 1. The summed E-state index contributed by atoms with van der Waals surface area (Å²) >= 11 is 1.48. The van der Waals surface area contributed by atoms with E-state index in [0.29, 0.717) is 30.9 Å². The molecule has 148 valence electrons. The van der Waals surface area contributed by atoms with Crippen molar-refractivity contribution in [3.8, 4) is 5.75 Å². The number of nitrogens with zero attached hydrogens (tertiary/aromatic N) is 1. The zero-order valence-corrected chi connectivity index (χ0v) is 16.6. The van der Waals surface area contributed by atoms with Gasteiger partial charge < -0.3 is 14.8 Å². The number of unbranched alkanes of at least 4 members (excludes halogenated alkanes) is 1. The van der Waals surface area contributed by atoms with Crippen LogP contribution < -0.4 is 10.1 Å². The van der Waals surface area contributed by atoms with E-state index in [1.54, 1.807) is 41.9 Å². The number of aromatic nitrogens is 1. The van der Waals surface area contributed by atoms with Gasteiger partial charge in [0.05, 0.1) is 22.3 Å². The number of hydrogen-bond donors (Lipinski definition) is 1. The summed E-state index contributed by atoms with van der Waals surface area (Å²) in [6, 6.07) is 10.3. The number of amides is 1. The molecule has 0 aliphatic carbocycles. The molecule has 5 nitrogen and oxygen atoms in total. The van der Waals surface area contributed by atoms with Crippen molar-refractivity contribution < 1.29 is 18.7 Å². The molecule has 0 saturated carbocycles. The molecule has 3 rings (SSSR count). The third-order valence-corrected chi connectivity index (χ3v) is 5.01. The van der Waals surface area contributed by atoms with Gasteiger partial charge in [-0.1, -0.05) is 12.1 Å². The lowest BCUT2D eigenvalue weighted by Gasteiger charge is -2.11. The van der Waals surface area contributed by atoms with Crippen LogP contribution in [0.4, 0.5) is 4.39 Å². The Morgan fingerprint density at radius 1 is 1.21 bits per heavy atom. The van der Waals surface area contributed by atoms with Crippen LogP contribution in [0.3, 0.4) is 0 Å². The molecule has 1 N–H and O–H groups in total. The highest BCUT2D eigenvalue weighted by Gasteiger charge is 2.12. The molecule has 0 saturated heterocycles. The number of rotatable bonds is 10. The number of halogens is 1. The summed E-state index contributed by atoms with van der Waals surface area (Å²) < 4.78 is 26.4. The lowest BCUT2D eigenvalue weighted by atomic mass is 10.1. The van der Waals surface area contributed by atoms with Gasteiger partial charge in [0, 0.05) is 30.9 Å². The van der Waals surface area contributed by atoms with Gasteiger partial charge in [0.1, 0.15) is 0 Å². The predicted molar refractivity (Wildman–Crippen MR) is 108 cm³/mol. The monoisotopic (exact) mass is 402 g/mol. The fraction of sp³-hybridized carbons (Fsp3) is 0.333. The molecular formula is C21H23FN2O3S.